The van der Waals surface area contributed by atoms with E-state index in [1.165, 1.54) is 18.7 Å². The van der Waals surface area contributed by atoms with Crippen molar-refractivity contribution < 1.29 is 14.7 Å². The third kappa shape index (κ3) is 4.35. The quantitative estimate of drug-likeness (QED) is 0.629. The van der Waals surface area contributed by atoms with Crippen LogP contribution >= 0.6 is 0 Å². The van der Waals surface area contributed by atoms with Gasteiger partial charge < -0.3 is 20.6 Å². The highest BCUT2D eigenvalue weighted by molar-refractivity contribution is 5.85. The van der Waals surface area contributed by atoms with Crippen molar-refractivity contribution in [3.63, 3.8) is 0 Å². The SMILES string of the molecule is CCN(C(=O)NCCN1CCNCC1)C(C)(C)C(=O)O. The molecule has 1 saturated heterocycles. The van der Waals surface area contributed by atoms with Crippen molar-refractivity contribution in [2.75, 3.05) is 45.8 Å². The minimum atomic E-state index is -1.20. The van der Waals surface area contributed by atoms with Gasteiger partial charge >= 0.3 is 12.0 Å². The van der Waals surface area contributed by atoms with Crippen LogP contribution in [0.25, 0.3) is 0 Å². The lowest BCUT2D eigenvalue weighted by Crippen LogP contribution is -2.56. The summed E-state index contributed by atoms with van der Waals surface area (Å²) >= 11 is 0. The number of hydrogen-bond acceptors (Lipinski definition) is 4. The number of carboxylic acids is 1. The van der Waals surface area contributed by atoms with Gasteiger partial charge in [-0.05, 0) is 20.8 Å². The molecule has 0 radical (unpaired) electrons. The molecule has 0 unspecified atom stereocenters. The van der Waals surface area contributed by atoms with Crippen LogP contribution in [0.15, 0.2) is 0 Å². The molecule has 0 spiro atoms. The number of urea groups is 1. The Morgan fingerprint density at radius 2 is 1.95 bits per heavy atom. The van der Waals surface area contributed by atoms with Crippen molar-refractivity contribution in [3.8, 4) is 0 Å². The number of piperazine rings is 1. The molecule has 1 fully saturated rings. The lowest BCUT2D eigenvalue weighted by atomic mass is 10.0. The zero-order valence-electron chi connectivity index (χ0n) is 12.6. The van der Waals surface area contributed by atoms with Gasteiger partial charge in [-0.25, -0.2) is 9.59 Å². The Morgan fingerprint density at radius 3 is 2.45 bits per heavy atom. The topological polar surface area (TPSA) is 84.9 Å². The molecule has 0 atom stereocenters. The van der Waals surface area contributed by atoms with Gasteiger partial charge in [0, 0.05) is 45.8 Å². The van der Waals surface area contributed by atoms with E-state index in [1.54, 1.807) is 6.92 Å². The van der Waals surface area contributed by atoms with E-state index in [4.69, 9.17) is 0 Å². The third-order valence-corrected chi connectivity index (χ3v) is 3.67. The first-order chi connectivity index (χ1) is 9.39. The Morgan fingerprint density at radius 1 is 1.35 bits per heavy atom. The Kier molecular flexibility index (Phi) is 6.22. The minimum absolute atomic E-state index is 0.324. The maximum Gasteiger partial charge on any atom is 0.329 e. The monoisotopic (exact) mass is 286 g/mol. The molecule has 0 aliphatic carbocycles. The first kappa shape index (κ1) is 16.7. The fraction of sp³-hybridized carbons (Fsp3) is 0.846. The summed E-state index contributed by atoms with van der Waals surface area (Å²) in [7, 11) is 0. The molecule has 2 amide bonds. The molecule has 7 heteroatoms. The number of aliphatic carboxylic acids is 1. The lowest BCUT2D eigenvalue weighted by molar-refractivity contribution is -0.147. The summed E-state index contributed by atoms with van der Waals surface area (Å²) in [5, 5.41) is 15.3. The molecule has 0 aromatic rings. The fourth-order valence-electron chi connectivity index (χ4n) is 2.26. The first-order valence-corrected chi connectivity index (χ1v) is 7.11. The van der Waals surface area contributed by atoms with Crippen molar-refractivity contribution in [1.29, 1.82) is 0 Å². The molecule has 0 aromatic heterocycles. The predicted molar refractivity (Wildman–Crippen MR) is 76.8 cm³/mol. The van der Waals surface area contributed by atoms with E-state index < -0.39 is 11.5 Å². The van der Waals surface area contributed by atoms with Crippen LogP contribution in [0.1, 0.15) is 20.8 Å². The molecule has 1 rings (SSSR count). The molecule has 0 bridgehead atoms. The summed E-state index contributed by atoms with van der Waals surface area (Å²) in [4.78, 5) is 26.9. The summed E-state index contributed by atoms with van der Waals surface area (Å²) in [6.45, 7) is 10.4. The van der Waals surface area contributed by atoms with E-state index in [0.717, 1.165) is 32.7 Å². The van der Waals surface area contributed by atoms with E-state index in [9.17, 15) is 14.7 Å². The molecule has 3 N–H and O–H groups in total. The molecule has 7 nitrogen and oxygen atoms in total. The highest BCUT2D eigenvalue weighted by Gasteiger charge is 2.36. The van der Waals surface area contributed by atoms with Crippen molar-refractivity contribution in [2.45, 2.75) is 26.3 Å². The van der Waals surface area contributed by atoms with Crippen molar-refractivity contribution >= 4 is 12.0 Å². The zero-order valence-corrected chi connectivity index (χ0v) is 12.6. The van der Waals surface area contributed by atoms with Crippen LogP contribution in [0.4, 0.5) is 4.79 Å². The standard InChI is InChI=1S/C13H26N4O3/c1-4-17(13(2,3)11(18)19)12(20)15-7-10-16-8-5-14-6-9-16/h14H,4-10H2,1-3H3,(H,15,20)(H,18,19). The molecule has 1 heterocycles. The second kappa shape index (κ2) is 7.44. The number of carboxylic acid groups (broad SMARTS) is 1. The Labute approximate surface area is 120 Å². The Bertz CT molecular complexity index is 341. The van der Waals surface area contributed by atoms with Gasteiger partial charge in [0.1, 0.15) is 5.54 Å². The van der Waals surface area contributed by atoms with Gasteiger partial charge in [0.2, 0.25) is 0 Å². The van der Waals surface area contributed by atoms with Crippen LogP contribution in [0.2, 0.25) is 0 Å². The van der Waals surface area contributed by atoms with E-state index in [-0.39, 0.29) is 6.03 Å². The van der Waals surface area contributed by atoms with Gasteiger partial charge in [-0.1, -0.05) is 0 Å². The van der Waals surface area contributed by atoms with Gasteiger partial charge in [-0.3, -0.25) is 4.90 Å². The number of amides is 2. The van der Waals surface area contributed by atoms with Crippen LogP contribution in [0.5, 0.6) is 0 Å². The fourth-order valence-corrected chi connectivity index (χ4v) is 2.26. The Balaban J connectivity index is 2.41. The van der Waals surface area contributed by atoms with E-state index >= 15 is 0 Å². The lowest BCUT2D eigenvalue weighted by Gasteiger charge is -2.34. The van der Waals surface area contributed by atoms with Crippen LogP contribution in [-0.2, 0) is 4.79 Å². The molecule has 0 aromatic carbocycles. The van der Waals surface area contributed by atoms with Crippen molar-refractivity contribution in [3.05, 3.63) is 0 Å². The number of hydrogen-bond donors (Lipinski definition) is 3. The van der Waals surface area contributed by atoms with E-state index in [1.807, 2.05) is 0 Å². The van der Waals surface area contributed by atoms with Crippen LogP contribution in [0, 0.1) is 0 Å². The number of nitrogens with one attached hydrogen (secondary N) is 2. The summed E-state index contributed by atoms with van der Waals surface area (Å²) in [5.41, 5.74) is -1.20. The highest BCUT2D eigenvalue weighted by atomic mass is 16.4. The second-order valence-electron chi connectivity index (χ2n) is 5.43. The van der Waals surface area contributed by atoms with E-state index in [2.05, 4.69) is 15.5 Å². The largest absolute Gasteiger partial charge is 0.480 e. The molecule has 116 valence electrons. The second-order valence-corrected chi connectivity index (χ2v) is 5.43. The van der Waals surface area contributed by atoms with Gasteiger partial charge in [-0.2, -0.15) is 0 Å². The summed E-state index contributed by atoms with van der Waals surface area (Å²) in [5.74, 6) is -1.00. The third-order valence-electron chi connectivity index (χ3n) is 3.67. The Hall–Kier alpha value is -1.34. The summed E-state index contributed by atoms with van der Waals surface area (Å²) < 4.78 is 0. The molecule has 1 aliphatic rings. The highest BCUT2D eigenvalue weighted by Crippen LogP contribution is 2.14. The molecule has 1 aliphatic heterocycles. The number of nitrogens with zero attached hydrogens (tertiary/aromatic N) is 2. The van der Waals surface area contributed by atoms with E-state index in [0.29, 0.717) is 13.1 Å². The number of carbonyl (C=O) groups is 2. The van der Waals surface area contributed by atoms with Crippen LogP contribution < -0.4 is 10.6 Å². The van der Waals surface area contributed by atoms with Crippen molar-refractivity contribution in [1.82, 2.24) is 20.4 Å². The van der Waals surface area contributed by atoms with Gasteiger partial charge in [-0.15, -0.1) is 0 Å². The molecule has 0 saturated carbocycles. The maximum absolute atomic E-state index is 12.1. The average Bonchev–Trinajstić information content (AvgIpc) is 2.40. The number of carbonyl (C=O) groups excluding carboxylic acids is 1. The van der Waals surface area contributed by atoms with Crippen molar-refractivity contribution in [2.24, 2.45) is 0 Å². The number of likely N-dealkylation sites (N-methyl/N-ethyl adjacent to an activating group) is 1. The smallest absolute Gasteiger partial charge is 0.329 e. The molecular weight excluding hydrogens is 260 g/mol. The minimum Gasteiger partial charge on any atom is -0.480 e. The predicted octanol–water partition coefficient (Wildman–Crippen LogP) is -0.214. The number of rotatable bonds is 6. The molecular formula is C13H26N4O3. The van der Waals surface area contributed by atoms with Crippen LogP contribution in [-0.4, -0.2) is 78.3 Å². The normalized spacial score (nSPS) is 16.8. The maximum atomic E-state index is 12.1. The van der Waals surface area contributed by atoms with Gasteiger partial charge in [0.25, 0.3) is 0 Å². The zero-order chi connectivity index (χ0) is 15.2. The summed E-state index contributed by atoms with van der Waals surface area (Å²) in [6, 6.07) is -0.324. The van der Waals surface area contributed by atoms with Gasteiger partial charge in [0.05, 0.1) is 0 Å². The summed E-state index contributed by atoms with van der Waals surface area (Å²) in [6.07, 6.45) is 0. The molecule has 20 heavy (non-hydrogen) atoms. The average molecular weight is 286 g/mol. The first-order valence-electron chi connectivity index (χ1n) is 7.11. The van der Waals surface area contributed by atoms with Crippen LogP contribution in [0.3, 0.4) is 0 Å². The van der Waals surface area contributed by atoms with Gasteiger partial charge in [0.15, 0.2) is 0 Å².